The van der Waals surface area contributed by atoms with E-state index in [9.17, 15) is 10.2 Å². The van der Waals surface area contributed by atoms with Gasteiger partial charge < -0.3 is 10.2 Å². The Bertz CT molecular complexity index is 325. The first kappa shape index (κ1) is 17.4. The average molecular weight is 281 g/mol. The highest BCUT2D eigenvalue weighted by molar-refractivity contribution is 5.06. The molecule has 0 spiro atoms. The second-order valence-electron chi connectivity index (χ2n) is 6.00. The quantitative estimate of drug-likeness (QED) is 0.726. The Balaban J connectivity index is 2.75. The van der Waals surface area contributed by atoms with Crippen molar-refractivity contribution >= 4 is 0 Å². The fourth-order valence-electron chi connectivity index (χ4n) is 2.74. The fourth-order valence-corrected chi connectivity index (χ4v) is 2.74. The lowest BCUT2D eigenvalue weighted by atomic mass is 9.96. The summed E-state index contributed by atoms with van der Waals surface area (Å²) < 4.78 is 0. The number of rotatable bonds is 1. The molecule has 3 heteroatoms. The van der Waals surface area contributed by atoms with Crippen LogP contribution >= 0.6 is 0 Å². The second kappa shape index (κ2) is 9.32. The molecule has 3 nitrogen and oxygen atoms in total. The SMILES string of the molecule is CCN1CCCCC/C=C/[C@H](O)[C@@H](O)[C@H](C)/C=C(/C)C1. The van der Waals surface area contributed by atoms with Gasteiger partial charge in [-0.1, -0.05) is 44.1 Å². The van der Waals surface area contributed by atoms with Crippen LogP contribution in [0, 0.1) is 5.92 Å². The number of aliphatic hydroxyl groups is 2. The van der Waals surface area contributed by atoms with E-state index in [2.05, 4.69) is 24.8 Å². The van der Waals surface area contributed by atoms with Gasteiger partial charge in [-0.3, -0.25) is 4.90 Å². The van der Waals surface area contributed by atoms with Crippen LogP contribution in [-0.4, -0.2) is 47.0 Å². The topological polar surface area (TPSA) is 43.7 Å². The van der Waals surface area contributed by atoms with E-state index < -0.39 is 12.2 Å². The van der Waals surface area contributed by atoms with E-state index in [-0.39, 0.29) is 5.92 Å². The van der Waals surface area contributed by atoms with Crippen LogP contribution in [0.5, 0.6) is 0 Å². The molecule has 116 valence electrons. The normalized spacial score (nSPS) is 35.9. The number of likely N-dealkylation sites (N-methyl/N-ethyl adjacent to an activating group) is 1. The highest BCUT2D eigenvalue weighted by Gasteiger charge is 2.19. The lowest BCUT2D eigenvalue weighted by Gasteiger charge is -2.24. The molecule has 3 atom stereocenters. The van der Waals surface area contributed by atoms with Crippen LogP contribution in [0.1, 0.15) is 46.5 Å². The predicted molar refractivity (Wildman–Crippen MR) is 84.7 cm³/mol. The van der Waals surface area contributed by atoms with E-state index in [1.165, 1.54) is 18.4 Å². The summed E-state index contributed by atoms with van der Waals surface area (Å²) >= 11 is 0. The number of aliphatic hydroxyl groups excluding tert-OH is 2. The molecule has 0 aromatic rings. The van der Waals surface area contributed by atoms with Crippen molar-refractivity contribution in [2.75, 3.05) is 19.6 Å². The largest absolute Gasteiger partial charge is 0.389 e. The number of hydrogen-bond donors (Lipinski definition) is 2. The minimum atomic E-state index is -0.765. The summed E-state index contributed by atoms with van der Waals surface area (Å²) in [6.45, 7) is 9.43. The van der Waals surface area contributed by atoms with E-state index in [1.807, 2.05) is 13.0 Å². The van der Waals surface area contributed by atoms with E-state index >= 15 is 0 Å². The van der Waals surface area contributed by atoms with Gasteiger partial charge in [0.15, 0.2) is 0 Å². The summed E-state index contributed by atoms with van der Waals surface area (Å²) in [7, 11) is 0. The highest BCUT2D eigenvalue weighted by atomic mass is 16.3. The number of nitrogens with zero attached hydrogens (tertiary/aromatic N) is 1. The molecule has 0 aliphatic carbocycles. The zero-order valence-corrected chi connectivity index (χ0v) is 13.3. The van der Waals surface area contributed by atoms with Crippen molar-refractivity contribution in [1.82, 2.24) is 4.90 Å². The number of hydrogen-bond acceptors (Lipinski definition) is 3. The van der Waals surface area contributed by atoms with Crippen molar-refractivity contribution in [3.05, 3.63) is 23.8 Å². The Hall–Kier alpha value is -0.640. The fraction of sp³-hybridized carbons (Fsp3) is 0.765. The molecule has 20 heavy (non-hydrogen) atoms. The Morgan fingerprint density at radius 1 is 1.25 bits per heavy atom. The van der Waals surface area contributed by atoms with Crippen LogP contribution in [-0.2, 0) is 0 Å². The molecule has 0 saturated carbocycles. The summed E-state index contributed by atoms with van der Waals surface area (Å²) in [5.41, 5.74) is 1.27. The third kappa shape index (κ3) is 6.21. The van der Waals surface area contributed by atoms with Gasteiger partial charge in [-0.15, -0.1) is 0 Å². The third-order valence-corrected chi connectivity index (χ3v) is 4.03. The third-order valence-electron chi connectivity index (χ3n) is 4.03. The monoisotopic (exact) mass is 281 g/mol. The highest BCUT2D eigenvalue weighted by Crippen LogP contribution is 2.15. The zero-order chi connectivity index (χ0) is 15.0. The van der Waals surface area contributed by atoms with Crippen LogP contribution in [0.15, 0.2) is 23.8 Å². The minimum Gasteiger partial charge on any atom is -0.389 e. The van der Waals surface area contributed by atoms with Gasteiger partial charge in [0.1, 0.15) is 0 Å². The second-order valence-corrected chi connectivity index (χ2v) is 6.00. The Labute approximate surface area is 124 Å². The maximum Gasteiger partial charge on any atom is 0.0985 e. The van der Waals surface area contributed by atoms with Crippen molar-refractivity contribution in [2.24, 2.45) is 5.92 Å². The maximum atomic E-state index is 10.1. The van der Waals surface area contributed by atoms with Gasteiger partial charge in [-0.05, 0) is 39.3 Å². The van der Waals surface area contributed by atoms with Crippen LogP contribution in [0.2, 0.25) is 0 Å². The summed E-state index contributed by atoms with van der Waals surface area (Å²) in [4.78, 5) is 2.45. The minimum absolute atomic E-state index is 0.0312. The van der Waals surface area contributed by atoms with Crippen molar-refractivity contribution in [1.29, 1.82) is 0 Å². The van der Waals surface area contributed by atoms with Crippen molar-refractivity contribution in [2.45, 2.75) is 58.7 Å². The molecular formula is C17H31NO2. The molecule has 1 rings (SSSR count). The van der Waals surface area contributed by atoms with Gasteiger partial charge in [0.05, 0.1) is 12.2 Å². The standard InChI is InChI=1S/C17H31NO2/c1-4-18-11-9-7-5-6-8-10-16(19)17(20)15(3)12-14(2)13-18/h8,10,12,15-17,19-20H,4-7,9,11,13H2,1-3H3/b10-8+,14-12-/t15-,16+,17+/m1/s1. The van der Waals surface area contributed by atoms with E-state index in [0.29, 0.717) is 0 Å². The van der Waals surface area contributed by atoms with E-state index in [1.54, 1.807) is 6.08 Å². The molecule has 0 aromatic carbocycles. The Morgan fingerprint density at radius 3 is 2.70 bits per heavy atom. The van der Waals surface area contributed by atoms with Gasteiger partial charge in [0.25, 0.3) is 0 Å². The molecule has 0 saturated heterocycles. The Kier molecular flexibility index (Phi) is 8.12. The zero-order valence-electron chi connectivity index (χ0n) is 13.3. The van der Waals surface area contributed by atoms with Crippen molar-refractivity contribution in [3.8, 4) is 0 Å². The summed E-state index contributed by atoms with van der Waals surface area (Å²) in [6.07, 6.45) is 8.94. The molecule has 1 aliphatic rings. The van der Waals surface area contributed by atoms with Crippen LogP contribution in [0.4, 0.5) is 0 Å². The van der Waals surface area contributed by atoms with Gasteiger partial charge in [0.2, 0.25) is 0 Å². The molecule has 1 heterocycles. The molecule has 0 aromatic heterocycles. The Morgan fingerprint density at radius 2 is 2.00 bits per heavy atom. The average Bonchev–Trinajstić information content (AvgIpc) is 2.42. The van der Waals surface area contributed by atoms with Gasteiger partial charge in [-0.2, -0.15) is 0 Å². The van der Waals surface area contributed by atoms with Gasteiger partial charge in [-0.25, -0.2) is 0 Å². The molecule has 0 radical (unpaired) electrons. The first-order valence-corrected chi connectivity index (χ1v) is 7.97. The van der Waals surface area contributed by atoms with E-state index in [0.717, 1.165) is 32.5 Å². The van der Waals surface area contributed by atoms with Gasteiger partial charge in [0, 0.05) is 12.5 Å². The molecule has 0 bridgehead atoms. The van der Waals surface area contributed by atoms with Crippen molar-refractivity contribution < 1.29 is 10.2 Å². The molecule has 0 unspecified atom stereocenters. The first-order valence-electron chi connectivity index (χ1n) is 7.97. The van der Waals surface area contributed by atoms with Gasteiger partial charge >= 0.3 is 0 Å². The molecule has 1 aliphatic heterocycles. The molecule has 0 amide bonds. The van der Waals surface area contributed by atoms with Crippen LogP contribution < -0.4 is 0 Å². The number of allylic oxidation sites excluding steroid dienone is 1. The lowest BCUT2D eigenvalue weighted by Crippen LogP contribution is -2.31. The predicted octanol–water partition coefficient (Wildman–Crippen LogP) is 2.74. The van der Waals surface area contributed by atoms with Crippen molar-refractivity contribution in [3.63, 3.8) is 0 Å². The molecule has 2 N–H and O–H groups in total. The summed E-state index contributed by atoms with van der Waals surface area (Å²) in [6, 6.07) is 0. The summed E-state index contributed by atoms with van der Waals surface area (Å²) in [5, 5.41) is 20.1. The first-order chi connectivity index (χ1) is 9.54. The lowest BCUT2D eigenvalue weighted by molar-refractivity contribution is 0.0254. The molecular weight excluding hydrogens is 250 g/mol. The smallest absolute Gasteiger partial charge is 0.0985 e. The van der Waals surface area contributed by atoms with E-state index in [4.69, 9.17) is 0 Å². The van der Waals surface area contributed by atoms with Crippen LogP contribution in [0.25, 0.3) is 0 Å². The van der Waals surface area contributed by atoms with Crippen LogP contribution in [0.3, 0.4) is 0 Å². The summed E-state index contributed by atoms with van der Waals surface area (Å²) in [5.74, 6) is -0.0312. The maximum absolute atomic E-state index is 10.1. The molecule has 0 fully saturated rings.